The molecule has 0 saturated heterocycles. The summed E-state index contributed by atoms with van der Waals surface area (Å²) in [5, 5.41) is 2.84. The van der Waals surface area contributed by atoms with E-state index in [0.717, 1.165) is 11.5 Å². The number of hydrogen-bond acceptors (Lipinski definition) is 4. The van der Waals surface area contributed by atoms with Crippen LogP contribution >= 0.6 is 0 Å². The number of nitrogens with one attached hydrogen (secondary N) is 1. The van der Waals surface area contributed by atoms with Gasteiger partial charge in [0, 0.05) is 12.6 Å². The van der Waals surface area contributed by atoms with E-state index in [2.05, 4.69) is 5.32 Å². The maximum Gasteiger partial charge on any atom is 0.223 e. The zero-order valence-electron chi connectivity index (χ0n) is 11.8. The lowest BCUT2D eigenvalue weighted by Crippen LogP contribution is -2.38. The van der Waals surface area contributed by atoms with E-state index in [1.54, 1.807) is 7.11 Å². The highest BCUT2D eigenvalue weighted by atomic mass is 16.5. The van der Waals surface area contributed by atoms with Gasteiger partial charge >= 0.3 is 0 Å². The van der Waals surface area contributed by atoms with Crippen molar-refractivity contribution in [2.75, 3.05) is 20.3 Å². The van der Waals surface area contributed by atoms with Crippen LogP contribution in [0.2, 0.25) is 0 Å². The van der Waals surface area contributed by atoms with Crippen LogP contribution in [0.25, 0.3) is 0 Å². The van der Waals surface area contributed by atoms with Gasteiger partial charge < -0.3 is 20.5 Å². The normalized spacial score (nSPS) is 15.5. The van der Waals surface area contributed by atoms with Gasteiger partial charge in [0.15, 0.2) is 0 Å². The third kappa shape index (κ3) is 4.74. The first kappa shape index (κ1) is 14.7. The van der Waals surface area contributed by atoms with E-state index in [-0.39, 0.29) is 11.9 Å². The van der Waals surface area contributed by atoms with Crippen LogP contribution in [0.4, 0.5) is 0 Å². The van der Waals surface area contributed by atoms with Crippen molar-refractivity contribution in [2.45, 2.75) is 25.3 Å². The Morgan fingerprint density at radius 1 is 1.35 bits per heavy atom. The molecule has 0 bridgehead atoms. The van der Waals surface area contributed by atoms with Crippen molar-refractivity contribution in [3.8, 4) is 11.5 Å². The van der Waals surface area contributed by atoms with Crippen LogP contribution < -0.4 is 20.5 Å². The molecule has 1 fully saturated rings. The molecule has 110 valence electrons. The van der Waals surface area contributed by atoms with Gasteiger partial charge in [0.25, 0.3) is 0 Å². The fraction of sp³-hybridized carbons (Fsp3) is 0.533. The Morgan fingerprint density at radius 3 is 2.60 bits per heavy atom. The number of benzene rings is 1. The number of hydrogen-bond donors (Lipinski definition) is 2. The van der Waals surface area contributed by atoms with Crippen molar-refractivity contribution in [1.29, 1.82) is 0 Å². The van der Waals surface area contributed by atoms with E-state index in [9.17, 15) is 4.79 Å². The highest BCUT2D eigenvalue weighted by molar-refractivity contribution is 5.76. The van der Waals surface area contributed by atoms with E-state index < -0.39 is 0 Å². The van der Waals surface area contributed by atoms with Gasteiger partial charge in [-0.1, -0.05) is 0 Å². The second-order valence-electron chi connectivity index (χ2n) is 5.08. The zero-order chi connectivity index (χ0) is 14.4. The molecule has 5 heteroatoms. The number of rotatable bonds is 8. The molecule has 1 aromatic rings. The number of carbonyl (C=O) groups is 1. The van der Waals surface area contributed by atoms with Crippen molar-refractivity contribution >= 4 is 5.91 Å². The Balaban J connectivity index is 1.60. The summed E-state index contributed by atoms with van der Waals surface area (Å²) in [6.07, 6.45) is 2.72. The maximum atomic E-state index is 11.6. The minimum absolute atomic E-state index is 0.0189. The number of methoxy groups -OCH3 is 1. The summed E-state index contributed by atoms with van der Waals surface area (Å²) in [4.78, 5) is 11.6. The average Bonchev–Trinajstić information content (AvgIpc) is 3.30. The summed E-state index contributed by atoms with van der Waals surface area (Å²) in [7, 11) is 1.62. The summed E-state index contributed by atoms with van der Waals surface area (Å²) in [5.74, 6) is 2.10. The molecule has 1 atom stereocenters. The van der Waals surface area contributed by atoms with Crippen molar-refractivity contribution in [1.82, 2.24) is 5.32 Å². The van der Waals surface area contributed by atoms with Gasteiger partial charge in [0.2, 0.25) is 5.91 Å². The van der Waals surface area contributed by atoms with Crippen LogP contribution in [0.5, 0.6) is 11.5 Å². The van der Waals surface area contributed by atoms with Crippen LogP contribution in [-0.2, 0) is 4.79 Å². The molecule has 1 aliphatic carbocycles. The SMILES string of the molecule is COc1ccc(OCCC(=O)NCC(N)C2CC2)cc1. The minimum Gasteiger partial charge on any atom is -0.497 e. The molecule has 1 saturated carbocycles. The molecule has 0 aliphatic heterocycles. The third-order valence-electron chi connectivity index (χ3n) is 3.42. The summed E-state index contributed by atoms with van der Waals surface area (Å²) >= 11 is 0. The lowest BCUT2D eigenvalue weighted by atomic mass is 10.2. The third-order valence-corrected chi connectivity index (χ3v) is 3.42. The van der Waals surface area contributed by atoms with Gasteiger partial charge in [-0.25, -0.2) is 0 Å². The predicted molar refractivity (Wildman–Crippen MR) is 76.8 cm³/mol. The lowest BCUT2D eigenvalue weighted by Gasteiger charge is -2.12. The molecule has 0 spiro atoms. The summed E-state index contributed by atoms with van der Waals surface area (Å²) in [5.41, 5.74) is 5.92. The molecule has 3 N–H and O–H groups in total. The van der Waals surface area contributed by atoms with Gasteiger partial charge in [-0.3, -0.25) is 4.79 Å². The smallest absolute Gasteiger partial charge is 0.223 e. The number of ether oxygens (including phenoxy) is 2. The first-order valence-electron chi connectivity index (χ1n) is 6.98. The maximum absolute atomic E-state index is 11.6. The van der Waals surface area contributed by atoms with E-state index in [1.165, 1.54) is 12.8 Å². The Labute approximate surface area is 119 Å². The summed E-state index contributed by atoms with van der Waals surface area (Å²) < 4.78 is 10.6. The van der Waals surface area contributed by atoms with Crippen molar-refractivity contribution in [3.05, 3.63) is 24.3 Å². The Kier molecular flexibility index (Phi) is 5.24. The molecule has 2 rings (SSSR count). The van der Waals surface area contributed by atoms with Gasteiger partial charge in [0.1, 0.15) is 11.5 Å². The van der Waals surface area contributed by atoms with Crippen LogP contribution in [0.1, 0.15) is 19.3 Å². The number of nitrogens with two attached hydrogens (primary N) is 1. The second-order valence-corrected chi connectivity index (χ2v) is 5.08. The Bertz CT molecular complexity index is 429. The monoisotopic (exact) mass is 278 g/mol. The molecule has 0 radical (unpaired) electrons. The van der Waals surface area contributed by atoms with Crippen molar-refractivity contribution in [3.63, 3.8) is 0 Å². The first-order valence-corrected chi connectivity index (χ1v) is 6.98. The van der Waals surface area contributed by atoms with E-state index in [4.69, 9.17) is 15.2 Å². The first-order chi connectivity index (χ1) is 9.69. The van der Waals surface area contributed by atoms with Gasteiger partial charge in [-0.2, -0.15) is 0 Å². The number of amides is 1. The largest absolute Gasteiger partial charge is 0.497 e. The van der Waals surface area contributed by atoms with Gasteiger partial charge in [-0.05, 0) is 43.0 Å². The van der Waals surface area contributed by atoms with Crippen LogP contribution in [0, 0.1) is 5.92 Å². The Morgan fingerprint density at radius 2 is 2.00 bits per heavy atom. The molecule has 1 aromatic carbocycles. The average molecular weight is 278 g/mol. The molecule has 1 unspecified atom stereocenters. The quantitative estimate of drug-likeness (QED) is 0.752. The molecular weight excluding hydrogens is 256 g/mol. The van der Waals surface area contributed by atoms with Crippen LogP contribution in [-0.4, -0.2) is 32.2 Å². The zero-order valence-corrected chi connectivity index (χ0v) is 11.8. The van der Waals surface area contributed by atoms with Gasteiger partial charge in [0.05, 0.1) is 20.1 Å². The van der Waals surface area contributed by atoms with E-state index >= 15 is 0 Å². The highest BCUT2D eigenvalue weighted by Crippen LogP contribution is 2.31. The van der Waals surface area contributed by atoms with E-state index in [1.807, 2.05) is 24.3 Å². The fourth-order valence-corrected chi connectivity index (χ4v) is 1.94. The molecular formula is C15H22N2O3. The van der Waals surface area contributed by atoms with Crippen molar-refractivity contribution in [2.24, 2.45) is 11.7 Å². The molecule has 1 aliphatic rings. The molecule has 5 nitrogen and oxygen atoms in total. The topological polar surface area (TPSA) is 73.6 Å². The lowest BCUT2D eigenvalue weighted by molar-refractivity contribution is -0.121. The summed E-state index contributed by atoms with van der Waals surface area (Å²) in [6, 6.07) is 7.38. The van der Waals surface area contributed by atoms with Crippen LogP contribution in [0.3, 0.4) is 0 Å². The van der Waals surface area contributed by atoms with Crippen LogP contribution in [0.15, 0.2) is 24.3 Å². The molecule has 0 aromatic heterocycles. The predicted octanol–water partition coefficient (Wildman–Crippen LogP) is 1.32. The van der Waals surface area contributed by atoms with Gasteiger partial charge in [-0.15, -0.1) is 0 Å². The molecule has 20 heavy (non-hydrogen) atoms. The minimum atomic E-state index is -0.0189. The molecule has 0 heterocycles. The number of carbonyl (C=O) groups excluding carboxylic acids is 1. The van der Waals surface area contributed by atoms with E-state index in [0.29, 0.717) is 25.5 Å². The highest BCUT2D eigenvalue weighted by Gasteiger charge is 2.28. The molecule has 1 amide bonds. The Hall–Kier alpha value is -1.75. The second kappa shape index (κ2) is 7.14. The fourth-order valence-electron chi connectivity index (χ4n) is 1.94. The summed E-state index contributed by atoms with van der Waals surface area (Å²) in [6.45, 7) is 0.920. The standard InChI is InChI=1S/C15H22N2O3/c1-19-12-4-6-13(7-5-12)20-9-8-15(18)17-10-14(16)11-2-3-11/h4-7,11,14H,2-3,8-10,16H2,1H3,(H,17,18). The van der Waals surface area contributed by atoms with Crippen molar-refractivity contribution < 1.29 is 14.3 Å².